The molecule has 122 valence electrons. The molecular weight excluding hydrogens is 274 g/mol. The third-order valence-corrected chi connectivity index (χ3v) is 4.63. The Morgan fingerprint density at radius 3 is 2.36 bits per heavy atom. The van der Waals surface area contributed by atoms with Crippen molar-refractivity contribution in [3.8, 4) is 0 Å². The summed E-state index contributed by atoms with van der Waals surface area (Å²) < 4.78 is 0. The molecule has 0 aliphatic heterocycles. The van der Waals surface area contributed by atoms with E-state index >= 15 is 0 Å². The van der Waals surface area contributed by atoms with E-state index < -0.39 is 0 Å². The maximum Gasteiger partial charge on any atom is 0.223 e. The largest absolute Gasteiger partial charge is 0.352 e. The van der Waals surface area contributed by atoms with E-state index in [0.29, 0.717) is 6.54 Å². The molecular formula is C18H29N3O. The summed E-state index contributed by atoms with van der Waals surface area (Å²) in [4.78, 5) is 14.5. The number of nitrogens with zero attached hydrogens (tertiary/aromatic N) is 1. The second-order valence-electron chi connectivity index (χ2n) is 6.27. The fraction of sp³-hybridized carbons (Fsp3) is 0.611. The molecule has 1 aliphatic rings. The summed E-state index contributed by atoms with van der Waals surface area (Å²) in [6.07, 6.45) is 2.72. The highest BCUT2D eigenvalue weighted by molar-refractivity contribution is 5.79. The van der Waals surface area contributed by atoms with Gasteiger partial charge in [-0.05, 0) is 43.5 Å². The van der Waals surface area contributed by atoms with Crippen LogP contribution in [0, 0.1) is 5.92 Å². The molecule has 0 heterocycles. The molecule has 1 aromatic carbocycles. The van der Waals surface area contributed by atoms with E-state index in [4.69, 9.17) is 5.73 Å². The number of amides is 1. The monoisotopic (exact) mass is 303 g/mol. The summed E-state index contributed by atoms with van der Waals surface area (Å²) in [6, 6.07) is 8.74. The summed E-state index contributed by atoms with van der Waals surface area (Å²) >= 11 is 0. The highest BCUT2D eigenvalue weighted by atomic mass is 16.1. The Hall–Kier alpha value is -1.39. The van der Waals surface area contributed by atoms with Crippen molar-refractivity contribution in [3.05, 3.63) is 35.4 Å². The highest BCUT2D eigenvalue weighted by Crippen LogP contribution is 2.24. The molecule has 22 heavy (non-hydrogen) atoms. The summed E-state index contributed by atoms with van der Waals surface area (Å²) in [7, 11) is 0. The summed E-state index contributed by atoms with van der Waals surface area (Å²) in [6.45, 7) is 8.09. The van der Waals surface area contributed by atoms with Gasteiger partial charge in [0.2, 0.25) is 5.91 Å². The Balaban J connectivity index is 1.80. The fourth-order valence-corrected chi connectivity index (χ4v) is 3.06. The number of rotatable bonds is 7. The van der Waals surface area contributed by atoms with Crippen LogP contribution in [0.15, 0.2) is 24.3 Å². The molecule has 0 radical (unpaired) electrons. The van der Waals surface area contributed by atoms with Gasteiger partial charge in [0.25, 0.3) is 0 Å². The van der Waals surface area contributed by atoms with Gasteiger partial charge in [-0.1, -0.05) is 38.1 Å². The minimum Gasteiger partial charge on any atom is -0.352 e. The molecule has 0 saturated heterocycles. The molecule has 0 spiro atoms. The Labute approximate surface area is 134 Å². The third kappa shape index (κ3) is 4.82. The van der Waals surface area contributed by atoms with E-state index in [1.165, 1.54) is 5.56 Å². The fourth-order valence-electron chi connectivity index (χ4n) is 3.06. The molecule has 4 nitrogen and oxygen atoms in total. The summed E-state index contributed by atoms with van der Waals surface area (Å²) in [5, 5.41) is 3.04. The van der Waals surface area contributed by atoms with Gasteiger partial charge in [0.15, 0.2) is 0 Å². The molecule has 2 rings (SSSR count). The van der Waals surface area contributed by atoms with Crippen LogP contribution < -0.4 is 11.1 Å². The highest BCUT2D eigenvalue weighted by Gasteiger charge is 2.27. The topological polar surface area (TPSA) is 58.4 Å². The quantitative estimate of drug-likeness (QED) is 0.812. The average molecular weight is 303 g/mol. The average Bonchev–Trinajstić information content (AvgIpc) is 2.98. The van der Waals surface area contributed by atoms with Gasteiger partial charge in [-0.15, -0.1) is 0 Å². The molecule has 2 unspecified atom stereocenters. The maximum absolute atomic E-state index is 12.1. The van der Waals surface area contributed by atoms with Crippen LogP contribution in [0.25, 0.3) is 0 Å². The Kier molecular flexibility index (Phi) is 6.40. The molecule has 1 aliphatic carbocycles. The number of nitrogens with one attached hydrogen (secondary N) is 1. The second kappa shape index (κ2) is 8.30. The van der Waals surface area contributed by atoms with Crippen LogP contribution in [-0.2, 0) is 17.9 Å². The van der Waals surface area contributed by atoms with Gasteiger partial charge in [-0.3, -0.25) is 9.69 Å². The first-order chi connectivity index (χ1) is 10.6. The van der Waals surface area contributed by atoms with Crippen LogP contribution >= 0.6 is 0 Å². The minimum atomic E-state index is 0.108. The van der Waals surface area contributed by atoms with Crippen molar-refractivity contribution < 1.29 is 4.79 Å². The Morgan fingerprint density at radius 2 is 1.82 bits per heavy atom. The Morgan fingerprint density at radius 1 is 1.18 bits per heavy atom. The number of carbonyl (C=O) groups is 1. The first kappa shape index (κ1) is 17.0. The first-order valence-electron chi connectivity index (χ1n) is 8.45. The molecule has 1 fully saturated rings. The molecule has 0 aromatic heterocycles. The molecule has 1 aromatic rings. The van der Waals surface area contributed by atoms with Crippen molar-refractivity contribution in [2.24, 2.45) is 11.7 Å². The van der Waals surface area contributed by atoms with Crippen molar-refractivity contribution in [2.75, 3.05) is 13.1 Å². The molecule has 1 amide bonds. The molecule has 0 bridgehead atoms. The van der Waals surface area contributed by atoms with Crippen LogP contribution in [0.1, 0.15) is 44.2 Å². The smallest absolute Gasteiger partial charge is 0.223 e. The van der Waals surface area contributed by atoms with Crippen molar-refractivity contribution in [1.82, 2.24) is 10.2 Å². The lowest BCUT2D eigenvalue weighted by atomic mass is 10.1. The van der Waals surface area contributed by atoms with E-state index in [9.17, 15) is 4.79 Å². The number of carbonyl (C=O) groups excluding carboxylic acids is 1. The number of nitrogens with two attached hydrogens (primary N) is 1. The van der Waals surface area contributed by atoms with Crippen molar-refractivity contribution in [1.29, 1.82) is 0 Å². The predicted octanol–water partition coefficient (Wildman–Crippen LogP) is 2.27. The molecule has 1 saturated carbocycles. The van der Waals surface area contributed by atoms with Gasteiger partial charge in [0.05, 0.1) is 0 Å². The van der Waals surface area contributed by atoms with Gasteiger partial charge >= 0.3 is 0 Å². The van der Waals surface area contributed by atoms with E-state index in [0.717, 1.165) is 44.5 Å². The zero-order chi connectivity index (χ0) is 15.9. The third-order valence-electron chi connectivity index (χ3n) is 4.63. The van der Waals surface area contributed by atoms with Gasteiger partial charge in [0.1, 0.15) is 0 Å². The van der Waals surface area contributed by atoms with Gasteiger partial charge < -0.3 is 11.1 Å². The van der Waals surface area contributed by atoms with Crippen LogP contribution in [-0.4, -0.2) is 29.9 Å². The van der Waals surface area contributed by atoms with Crippen LogP contribution in [0.2, 0.25) is 0 Å². The normalized spacial score (nSPS) is 21.3. The number of benzene rings is 1. The Bertz CT molecular complexity index is 468. The first-order valence-corrected chi connectivity index (χ1v) is 8.45. The van der Waals surface area contributed by atoms with Crippen LogP contribution in [0.3, 0.4) is 0 Å². The van der Waals surface area contributed by atoms with E-state index in [2.05, 4.69) is 48.3 Å². The number of hydrogen-bond acceptors (Lipinski definition) is 3. The van der Waals surface area contributed by atoms with Gasteiger partial charge in [-0.25, -0.2) is 0 Å². The lowest BCUT2D eigenvalue weighted by Gasteiger charge is -2.18. The van der Waals surface area contributed by atoms with Crippen molar-refractivity contribution in [3.63, 3.8) is 0 Å². The van der Waals surface area contributed by atoms with E-state index in [1.807, 2.05) is 0 Å². The summed E-state index contributed by atoms with van der Waals surface area (Å²) in [5.74, 6) is 0.261. The van der Waals surface area contributed by atoms with Crippen LogP contribution in [0.4, 0.5) is 0 Å². The van der Waals surface area contributed by atoms with Crippen molar-refractivity contribution in [2.45, 2.75) is 52.2 Å². The van der Waals surface area contributed by atoms with E-state index in [-0.39, 0.29) is 17.9 Å². The number of hydrogen-bond donors (Lipinski definition) is 2. The minimum absolute atomic E-state index is 0.108. The standard InChI is InChI=1S/C18H29N3O/c1-3-21(4-2)13-15-7-5-14(6-8-15)12-20-18(22)16-9-10-17(19)11-16/h5-8,16-17H,3-4,9-13,19H2,1-2H3,(H,20,22). The zero-order valence-electron chi connectivity index (χ0n) is 13.8. The molecule has 3 N–H and O–H groups in total. The van der Waals surface area contributed by atoms with Gasteiger partial charge in [0, 0.05) is 25.0 Å². The lowest BCUT2D eigenvalue weighted by molar-refractivity contribution is -0.125. The molecule has 4 heteroatoms. The van der Waals surface area contributed by atoms with Crippen molar-refractivity contribution >= 4 is 5.91 Å². The predicted molar refractivity (Wildman–Crippen MR) is 90.2 cm³/mol. The molecule has 2 atom stereocenters. The maximum atomic E-state index is 12.1. The second-order valence-corrected chi connectivity index (χ2v) is 6.27. The van der Waals surface area contributed by atoms with E-state index in [1.54, 1.807) is 0 Å². The lowest BCUT2D eigenvalue weighted by Crippen LogP contribution is -2.30. The van der Waals surface area contributed by atoms with Crippen LogP contribution in [0.5, 0.6) is 0 Å². The SMILES string of the molecule is CCN(CC)Cc1ccc(CNC(=O)C2CCC(N)C2)cc1. The summed E-state index contributed by atoms with van der Waals surface area (Å²) in [5.41, 5.74) is 8.34. The van der Waals surface area contributed by atoms with Gasteiger partial charge in [-0.2, -0.15) is 0 Å². The zero-order valence-corrected chi connectivity index (χ0v) is 13.8.